The van der Waals surface area contributed by atoms with Gasteiger partial charge in [0.2, 0.25) is 9.05 Å². The lowest BCUT2D eigenvalue weighted by molar-refractivity contribution is 0.0256. The molecule has 0 aliphatic heterocycles. The highest BCUT2D eigenvalue weighted by Gasteiger charge is 2.31. The van der Waals surface area contributed by atoms with Crippen LogP contribution in [0.2, 0.25) is 0 Å². The van der Waals surface area contributed by atoms with Crippen molar-refractivity contribution in [2.75, 3.05) is 5.75 Å². The van der Waals surface area contributed by atoms with Crippen LogP contribution in [0.5, 0.6) is 0 Å². The highest BCUT2D eigenvalue weighted by molar-refractivity contribution is 8.13. The number of rotatable bonds is 5. The van der Waals surface area contributed by atoms with E-state index in [2.05, 4.69) is 0 Å². The summed E-state index contributed by atoms with van der Waals surface area (Å²) in [4.78, 5) is 10.9. The largest absolute Gasteiger partial charge is 0.438 e. The molecule has 100 valence electrons. The van der Waals surface area contributed by atoms with E-state index in [0.717, 1.165) is 0 Å². The number of hydrogen-bond donors (Lipinski definition) is 1. The molecule has 1 amide bonds. The normalized spacial score (nSPS) is 14.8. The Hall–Kier alpha value is -1.27. The molecule has 0 aromatic heterocycles. The third-order valence-corrected chi connectivity index (χ3v) is 3.69. The predicted molar refractivity (Wildman–Crippen MR) is 68.7 cm³/mol. The molecule has 0 spiro atoms. The first-order valence-electron chi connectivity index (χ1n) is 5.19. The van der Waals surface area contributed by atoms with Gasteiger partial charge in [0.25, 0.3) is 0 Å². The Morgan fingerprint density at radius 2 is 1.94 bits per heavy atom. The molecule has 1 atom stereocenters. The summed E-state index contributed by atoms with van der Waals surface area (Å²) >= 11 is 0. The van der Waals surface area contributed by atoms with Gasteiger partial charge in [0.1, 0.15) is 5.60 Å². The van der Waals surface area contributed by atoms with Crippen LogP contribution in [0.15, 0.2) is 30.3 Å². The standard InChI is InChI=1S/C11H14ClNO4S/c1-11(17-10(13)14,7-8-18(12,15)16)9-5-3-2-4-6-9/h2-6H,7-8H2,1H3,(H2,13,14). The van der Waals surface area contributed by atoms with Crippen molar-refractivity contribution >= 4 is 25.8 Å². The minimum atomic E-state index is -3.66. The first-order chi connectivity index (χ1) is 8.23. The van der Waals surface area contributed by atoms with Crippen LogP contribution in [0.25, 0.3) is 0 Å². The molecule has 1 unspecified atom stereocenters. The molecule has 5 nitrogen and oxygen atoms in total. The summed E-state index contributed by atoms with van der Waals surface area (Å²) in [6, 6.07) is 8.76. The Balaban J connectivity index is 2.99. The molecule has 0 radical (unpaired) electrons. The van der Waals surface area contributed by atoms with Gasteiger partial charge in [-0.05, 0) is 12.5 Å². The highest BCUT2D eigenvalue weighted by Crippen LogP contribution is 2.30. The topological polar surface area (TPSA) is 86.5 Å². The lowest BCUT2D eigenvalue weighted by Gasteiger charge is -2.28. The molecular formula is C11H14ClNO4S. The SMILES string of the molecule is CC(CCS(=O)(=O)Cl)(OC(N)=O)c1ccccc1. The first-order valence-corrected chi connectivity index (χ1v) is 7.67. The van der Waals surface area contributed by atoms with Crippen molar-refractivity contribution in [3.05, 3.63) is 35.9 Å². The molecule has 0 aliphatic rings. The van der Waals surface area contributed by atoms with Crippen molar-refractivity contribution in [3.8, 4) is 0 Å². The van der Waals surface area contributed by atoms with Gasteiger partial charge in [-0.1, -0.05) is 30.3 Å². The summed E-state index contributed by atoms with van der Waals surface area (Å²) in [5, 5.41) is 0. The lowest BCUT2D eigenvalue weighted by atomic mass is 9.93. The summed E-state index contributed by atoms with van der Waals surface area (Å²) in [6.07, 6.45) is -0.931. The van der Waals surface area contributed by atoms with Crippen molar-refractivity contribution < 1.29 is 17.9 Å². The van der Waals surface area contributed by atoms with Crippen molar-refractivity contribution in [2.24, 2.45) is 5.73 Å². The third-order valence-electron chi connectivity index (χ3n) is 2.53. The maximum atomic E-state index is 11.0. The minimum absolute atomic E-state index is 0.0335. The number of benzene rings is 1. The average molecular weight is 292 g/mol. The second kappa shape index (κ2) is 5.58. The van der Waals surface area contributed by atoms with Crippen LogP contribution in [0.1, 0.15) is 18.9 Å². The van der Waals surface area contributed by atoms with E-state index < -0.39 is 20.7 Å². The Kier molecular flexibility index (Phi) is 4.59. The molecule has 1 aromatic carbocycles. The average Bonchev–Trinajstić information content (AvgIpc) is 2.26. The van der Waals surface area contributed by atoms with Gasteiger partial charge < -0.3 is 10.5 Å². The van der Waals surface area contributed by atoms with Gasteiger partial charge in [0.15, 0.2) is 0 Å². The molecule has 1 aromatic rings. The van der Waals surface area contributed by atoms with Gasteiger partial charge in [-0.25, -0.2) is 13.2 Å². The van der Waals surface area contributed by atoms with E-state index in [4.69, 9.17) is 21.2 Å². The molecule has 2 N–H and O–H groups in total. The summed E-state index contributed by atoms with van der Waals surface area (Å²) in [5.74, 6) is -0.312. The van der Waals surface area contributed by atoms with E-state index in [0.29, 0.717) is 5.56 Å². The van der Waals surface area contributed by atoms with Crippen LogP contribution < -0.4 is 5.73 Å². The predicted octanol–water partition coefficient (Wildman–Crippen LogP) is 1.96. The first kappa shape index (κ1) is 14.8. The Bertz CT molecular complexity index is 517. The zero-order valence-electron chi connectivity index (χ0n) is 9.80. The molecule has 7 heteroatoms. The maximum absolute atomic E-state index is 11.0. The molecule has 18 heavy (non-hydrogen) atoms. The molecule has 0 aliphatic carbocycles. The number of ether oxygens (including phenoxy) is 1. The fourth-order valence-electron chi connectivity index (χ4n) is 1.58. The lowest BCUT2D eigenvalue weighted by Crippen LogP contribution is -2.33. The van der Waals surface area contributed by atoms with Crippen LogP contribution >= 0.6 is 10.7 Å². The molecule has 0 saturated carbocycles. The van der Waals surface area contributed by atoms with E-state index in [-0.39, 0.29) is 12.2 Å². The molecule has 0 saturated heterocycles. The van der Waals surface area contributed by atoms with Crippen molar-refractivity contribution in [1.82, 2.24) is 0 Å². The van der Waals surface area contributed by atoms with E-state index in [9.17, 15) is 13.2 Å². The number of primary amides is 1. The number of amides is 1. The maximum Gasteiger partial charge on any atom is 0.405 e. The second-order valence-corrected chi connectivity index (χ2v) is 6.91. The van der Waals surface area contributed by atoms with Gasteiger partial charge in [-0.2, -0.15) is 0 Å². The van der Waals surface area contributed by atoms with Crippen LogP contribution in [0.3, 0.4) is 0 Å². The summed E-state index contributed by atoms with van der Waals surface area (Å²) < 4.78 is 27.0. The molecule has 1 rings (SSSR count). The van der Waals surface area contributed by atoms with Gasteiger partial charge >= 0.3 is 6.09 Å². The van der Waals surface area contributed by atoms with Gasteiger partial charge in [-0.3, -0.25) is 0 Å². The van der Waals surface area contributed by atoms with E-state index >= 15 is 0 Å². The van der Waals surface area contributed by atoms with Crippen LogP contribution in [-0.2, 0) is 19.4 Å². The van der Waals surface area contributed by atoms with E-state index in [1.165, 1.54) is 0 Å². The summed E-state index contributed by atoms with van der Waals surface area (Å²) in [5.41, 5.74) is 4.55. The van der Waals surface area contributed by atoms with Gasteiger partial charge in [0, 0.05) is 17.1 Å². The Labute approximate surface area is 110 Å². The molecule has 0 fully saturated rings. The van der Waals surface area contributed by atoms with Crippen molar-refractivity contribution in [1.29, 1.82) is 0 Å². The monoisotopic (exact) mass is 291 g/mol. The van der Waals surface area contributed by atoms with E-state index in [1.807, 2.05) is 0 Å². The van der Waals surface area contributed by atoms with Crippen LogP contribution in [0, 0.1) is 0 Å². The van der Waals surface area contributed by atoms with Crippen molar-refractivity contribution in [3.63, 3.8) is 0 Å². The number of carbonyl (C=O) groups excluding carboxylic acids is 1. The quantitative estimate of drug-likeness (QED) is 0.840. The number of nitrogens with two attached hydrogens (primary N) is 1. The zero-order chi connectivity index (χ0) is 13.8. The summed E-state index contributed by atoms with van der Waals surface area (Å²) in [7, 11) is 1.50. The van der Waals surface area contributed by atoms with Crippen molar-refractivity contribution in [2.45, 2.75) is 18.9 Å². The zero-order valence-corrected chi connectivity index (χ0v) is 11.4. The number of halogens is 1. The number of carbonyl (C=O) groups is 1. The smallest absolute Gasteiger partial charge is 0.405 e. The van der Waals surface area contributed by atoms with E-state index in [1.54, 1.807) is 37.3 Å². The molecule has 0 heterocycles. The van der Waals surface area contributed by atoms with Crippen LogP contribution in [-0.4, -0.2) is 20.3 Å². The highest BCUT2D eigenvalue weighted by atomic mass is 35.7. The fourth-order valence-corrected chi connectivity index (χ4v) is 2.45. The van der Waals surface area contributed by atoms with Gasteiger partial charge in [-0.15, -0.1) is 0 Å². The fraction of sp³-hybridized carbons (Fsp3) is 0.364. The Morgan fingerprint density at radius 3 is 2.39 bits per heavy atom. The second-order valence-electron chi connectivity index (χ2n) is 4.01. The molecular weight excluding hydrogens is 278 g/mol. The molecule has 0 bridgehead atoms. The van der Waals surface area contributed by atoms with Gasteiger partial charge in [0.05, 0.1) is 5.75 Å². The minimum Gasteiger partial charge on any atom is -0.438 e. The third kappa shape index (κ3) is 4.54. The Morgan fingerprint density at radius 1 is 1.39 bits per heavy atom. The number of hydrogen-bond acceptors (Lipinski definition) is 4. The summed E-state index contributed by atoms with van der Waals surface area (Å²) in [6.45, 7) is 1.59. The van der Waals surface area contributed by atoms with Crippen LogP contribution in [0.4, 0.5) is 4.79 Å².